The van der Waals surface area contributed by atoms with E-state index in [4.69, 9.17) is 0 Å². The van der Waals surface area contributed by atoms with Gasteiger partial charge in [0.15, 0.2) is 0 Å². The molecule has 0 saturated heterocycles. The van der Waals surface area contributed by atoms with Crippen molar-refractivity contribution in [3.8, 4) is 0 Å². The molecule has 1 N–H and O–H groups in total. The van der Waals surface area contributed by atoms with E-state index in [-0.39, 0.29) is 18.2 Å². The molecule has 2 rings (SSSR count). The fourth-order valence-corrected chi connectivity index (χ4v) is 2.47. The first kappa shape index (κ1) is 15.3. The van der Waals surface area contributed by atoms with Gasteiger partial charge in [-0.25, -0.2) is 12.7 Å². The zero-order chi connectivity index (χ0) is 15.5. The summed E-state index contributed by atoms with van der Waals surface area (Å²) >= 11 is 0. The van der Waals surface area contributed by atoms with Crippen molar-refractivity contribution in [2.24, 2.45) is 0 Å². The van der Waals surface area contributed by atoms with Crippen molar-refractivity contribution in [2.75, 3.05) is 26.4 Å². The molecular formula is C13H16N4O3S. The molecule has 2 aromatic rings. The van der Waals surface area contributed by atoms with Gasteiger partial charge in [-0.1, -0.05) is 6.07 Å². The van der Waals surface area contributed by atoms with E-state index in [9.17, 15) is 13.2 Å². The lowest BCUT2D eigenvalue weighted by Crippen LogP contribution is -2.34. The third-order valence-corrected chi connectivity index (χ3v) is 4.78. The molecule has 0 spiro atoms. The molecular weight excluding hydrogens is 292 g/mol. The second-order valence-corrected chi connectivity index (χ2v) is 6.89. The molecule has 1 heterocycles. The largest absolute Gasteiger partial charge is 0.351 e. The summed E-state index contributed by atoms with van der Waals surface area (Å²) in [5, 5.41) is 2.59. The van der Waals surface area contributed by atoms with E-state index in [1.165, 1.54) is 20.3 Å². The van der Waals surface area contributed by atoms with Gasteiger partial charge in [0.25, 0.3) is 5.91 Å². The second kappa shape index (κ2) is 6.15. The molecule has 1 amide bonds. The molecule has 7 nitrogen and oxygen atoms in total. The van der Waals surface area contributed by atoms with Crippen LogP contribution in [0, 0.1) is 0 Å². The fraction of sp³-hybridized carbons (Fsp3) is 0.308. The van der Waals surface area contributed by atoms with Crippen LogP contribution in [0.25, 0.3) is 11.0 Å². The Hall–Kier alpha value is -2.06. The Kier molecular flexibility index (Phi) is 4.49. The van der Waals surface area contributed by atoms with Crippen LogP contribution in [0.1, 0.15) is 10.4 Å². The number of hydrogen-bond acceptors (Lipinski definition) is 5. The highest BCUT2D eigenvalue weighted by Crippen LogP contribution is 2.13. The number of nitrogens with zero attached hydrogens (tertiary/aromatic N) is 3. The maximum atomic E-state index is 12.1. The Morgan fingerprint density at radius 3 is 2.67 bits per heavy atom. The maximum absolute atomic E-state index is 12.1. The summed E-state index contributed by atoms with van der Waals surface area (Å²) in [5.74, 6) is -0.516. The minimum atomic E-state index is -3.33. The number of amides is 1. The highest BCUT2D eigenvalue weighted by molar-refractivity contribution is 7.89. The van der Waals surface area contributed by atoms with E-state index in [1.54, 1.807) is 24.4 Å². The quantitative estimate of drug-likeness (QED) is 0.855. The van der Waals surface area contributed by atoms with Crippen LogP contribution in [0.5, 0.6) is 0 Å². The van der Waals surface area contributed by atoms with Crippen molar-refractivity contribution in [2.45, 2.75) is 0 Å². The van der Waals surface area contributed by atoms with E-state index in [0.717, 1.165) is 4.31 Å². The van der Waals surface area contributed by atoms with Crippen LogP contribution in [0.4, 0.5) is 0 Å². The number of para-hydroxylation sites is 1. The van der Waals surface area contributed by atoms with Crippen molar-refractivity contribution in [1.82, 2.24) is 19.6 Å². The summed E-state index contributed by atoms with van der Waals surface area (Å²) in [6, 6.07) is 5.10. The minimum absolute atomic E-state index is 0.0377. The lowest BCUT2D eigenvalue weighted by molar-refractivity contribution is 0.0957. The monoisotopic (exact) mass is 308 g/mol. The van der Waals surface area contributed by atoms with Gasteiger partial charge >= 0.3 is 0 Å². The zero-order valence-electron chi connectivity index (χ0n) is 11.8. The molecule has 0 aliphatic carbocycles. The summed E-state index contributed by atoms with van der Waals surface area (Å²) < 4.78 is 24.4. The van der Waals surface area contributed by atoms with Crippen LogP contribution in [-0.4, -0.2) is 55.0 Å². The topological polar surface area (TPSA) is 92.3 Å². The fourth-order valence-electron chi connectivity index (χ4n) is 1.75. The molecule has 0 saturated carbocycles. The number of rotatable bonds is 5. The predicted octanol–water partition coefficient (Wildman–Crippen LogP) is 0.251. The standard InChI is InChI=1S/C13H16N4O3S/c1-17(2)21(19,20)9-8-16-13(18)10-4-3-5-11-12(10)15-7-6-14-11/h3-7H,8-9H2,1-2H3,(H,16,18). The Balaban J connectivity index is 2.10. The van der Waals surface area contributed by atoms with Gasteiger partial charge in [0.2, 0.25) is 10.0 Å². The third-order valence-electron chi connectivity index (χ3n) is 2.95. The number of carbonyl (C=O) groups is 1. The first-order chi connectivity index (χ1) is 9.92. The summed E-state index contributed by atoms with van der Waals surface area (Å²) in [6.45, 7) is 0.0377. The third kappa shape index (κ3) is 3.53. The first-order valence-corrected chi connectivity index (χ1v) is 7.91. The minimum Gasteiger partial charge on any atom is -0.351 e. The normalized spacial score (nSPS) is 11.8. The molecule has 0 aliphatic rings. The number of benzene rings is 1. The van der Waals surface area contributed by atoms with Crippen molar-refractivity contribution in [3.05, 3.63) is 36.2 Å². The lowest BCUT2D eigenvalue weighted by Gasteiger charge is -2.12. The van der Waals surface area contributed by atoms with E-state index >= 15 is 0 Å². The average Bonchev–Trinajstić information content (AvgIpc) is 2.46. The van der Waals surface area contributed by atoms with E-state index in [1.807, 2.05) is 0 Å². The van der Waals surface area contributed by atoms with Crippen LogP contribution in [0.3, 0.4) is 0 Å². The summed E-state index contributed by atoms with van der Waals surface area (Å²) in [4.78, 5) is 20.4. The number of carbonyl (C=O) groups excluding carboxylic acids is 1. The lowest BCUT2D eigenvalue weighted by atomic mass is 10.1. The number of hydrogen-bond donors (Lipinski definition) is 1. The van der Waals surface area contributed by atoms with Gasteiger partial charge in [0, 0.05) is 33.0 Å². The Bertz CT molecular complexity index is 754. The predicted molar refractivity (Wildman–Crippen MR) is 79.3 cm³/mol. The van der Waals surface area contributed by atoms with E-state index < -0.39 is 10.0 Å². The number of aromatic nitrogens is 2. The highest BCUT2D eigenvalue weighted by atomic mass is 32.2. The molecule has 0 bridgehead atoms. The molecule has 1 aromatic carbocycles. The molecule has 0 atom stereocenters. The van der Waals surface area contributed by atoms with Gasteiger partial charge in [-0.2, -0.15) is 0 Å². The summed E-state index contributed by atoms with van der Waals surface area (Å²) in [6.07, 6.45) is 3.06. The average molecular weight is 308 g/mol. The van der Waals surface area contributed by atoms with Crippen LogP contribution in [0.15, 0.2) is 30.6 Å². The van der Waals surface area contributed by atoms with Gasteiger partial charge in [-0.3, -0.25) is 14.8 Å². The second-order valence-electron chi connectivity index (χ2n) is 4.58. The SMILES string of the molecule is CN(C)S(=O)(=O)CCNC(=O)c1cccc2nccnc12. The summed E-state index contributed by atoms with van der Waals surface area (Å²) in [7, 11) is -0.416. The number of sulfonamides is 1. The molecule has 0 unspecified atom stereocenters. The van der Waals surface area contributed by atoms with Gasteiger partial charge in [0.05, 0.1) is 16.8 Å². The van der Waals surface area contributed by atoms with Gasteiger partial charge in [0.1, 0.15) is 5.52 Å². The molecule has 0 aliphatic heterocycles. The van der Waals surface area contributed by atoms with Gasteiger partial charge in [-0.05, 0) is 12.1 Å². The highest BCUT2D eigenvalue weighted by Gasteiger charge is 2.15. The van der Waals surface area contributed by atoms with Crippen LogP contribution >= 0.6 is 0 Å². The van der Waals surface area contributed by atoms with Gasteiger partial charge in [-0.15, -0.1) is 0 Å². The zero-order valence-corrected chi connectivity index (χ0v) is 12.6. The molecule has 21 heavy (non-hydrogen) atoms. The molecule has 8 heteroatoms. The van der Waals surface area contributed by atoms with Crippen molar-refractivity contribution in [1.29, 1.82) is 0 Å². The van der Waals surface area contributed by atoms with Crippen molar-refractivity contribution < 1.29 is 13.2 Å². The Morgan fingerprint density at radius 1 is 1.24 bits per heavy atom. The number of nitrogens with one attached hydrogen (secondary N) is 1. The van der Waals surface area contributed by atoms with Crippen LogP contribution in [0.2, 0.25) is 0 Å². The Morgan fingerprint density at radius 2 is 1.95 bits per heavy atom. The first-order valence-electron chi connectivity index (χ1n) is 6.30. The molecule has 0 fully saturated rings. The summed E-state index contributed by atoms with van der Waals surface area (Å²) in [5.41, 5.74) is 1.49. The van der Waals surface area contributed by atoms with E-state index in [0.29, 0.717) is 16.6 Å². The molecule has 112 valence electrons. The van der Waals surface area contributed by atoms with E-state index in [2.05, 4.69) is 15.3 Å². The molecule has 0 radical (unpaired) electrons. The van der Waals surface area contributed by atoms with Crippen LogP contribution < -0.4 is 5.32 Å². The smallest absolute Gasteiger partial charge is 0.253 e. The van der Waals surface area contributed by atoms with Crippen molar-refractivity contribution in [3.63, 3.8) is 0 Å². The molecule has 1 aromatic heterocycles. The van der Waals surface area contributed by atoms with Crippen LogP contribution in [-0.2, 0) is 10.0 Å². The van der Waals surface area contributed by atoms with Crippen molar-refractivity contribution >= 4 is 27.0 Å². The van der Waals surface area contributed by atoms with Gasteiger partial charge < -0.3 is 5.32 Å². The number of fused-ring (bicyclic) bond motifs is 1. The maximum Gasteiger partial charge on any atom is 0.253 e. The Labute approximate surface area is 123 Å².